The molecule has 1 rings (SSSR count). The Kier molecular flexibility index (Phi) is 6.89. The number of aryl methyl sites for hydroxylation is 1. The third-order valence-electron chi connectivity index (χ3n) is 2.07. The van der Waals surface area contributed by atoms with Gasteiger partial charge in [0.1, 0.15) is 19.0 Å². The van der Waals surface area contributed by atoms with Gasteiger partial charge in [0, 0.05) is 0 Å². The third-order valence-corrected chi connectivity index (χ3v) is 2.07. The van der Waals surface area contributed by atoms with Crippen molar-refractivity contribution in [3.05, 3.63) is 29.8 Å². The topological polar surface area (TPSA) is 27.7 Å². The number of terminal acetylenes is 1. The molecular formula is C14H18O3. The van der Waals surface area contributed by atoms with Crippen LogP contribution < -0.4 is 4.74 Å². The van der Waals surface area contributed by atoms with Gasteiger partial charge in [-0.25, -0.2) is 0 Å². The van der Waals surface area contributed by atoms with Gasteiger partial charge in [0.05, 0.1) is 19.8 Å². The van der Waals surface area contributed by atoms with E-state index < -0.39 is 0 Å². The highest BCUT2D eigenvalue weighted by atomic mass is 16.5. The van der Waals surface area contributed by atoms with Crippen LogP contribution in [0.4, 0.5) is 0 Å². The summed E-state index contributed by atoms with van der Waals surface area (Å²) in [5.41, 5.74) is 1.22. The van der Waals surface area contributed by atoms with E-state index in [1.807, 2.05) is 31.2 Å². The highest BCUT2D eigenvalue weighted by Gasteiger charge is 1.93. The van der Waals surface area contributed by atoms with Gasteiger partial charge in [0.2, 0.25) is 0 Å². The van der Waals surface area contributed by atoms with Gasteiger partial charge in [-0.2, -0.15) is 0 Å². The number of hydrogen-bond acceptors (Lipinski definition) is 3. The molecule has 0 aliphatic rings. The largest absolute Gasteiger partial charge is 0.491 e. The van der Waals surface area contributed by atoms with E-state index in [2.05, 4.69) is 5.92 Å². The summed E-state index contributed by atoms with van der Waals surface area (Å²) in [6.45, 7) is 4.53. The lowest BCUT2D eigenvalue weighted by Gasteiger charge is -2.07. The fourth-order valence-corrected chi connectivity index (χ4v) is 1.20. The maximum absolute atomic E-state index is 5.49. The van der Waals surface area contributed by atoms with E-state index in [9.17, 15) is 0 Å². The average Bonchev–Trinajstić information content (AvgIpc) is 2.35. The third kappa shape index (κ3) is 6.62. The van der Waals surface area contributed by atoms with Crippen LogP contribution in [0.25, 0.3) is 0 Å². The minimum atomic E-state index is 0.337. The lowest BCUT2D eigenvalue weighted by Crippen LogP contribution is -2.10. The molecule has 0 unspecified atom stereocenters. The number of ether oxygens (including phenoxy) is 3. The van der Waals surface area contributed by atoms with E-state index in [1.165, 1.54) is 5.56 Å². The first-order valence-corrected chi connectivity index (χ1v) is 5.61. The second-order valence-corrected chi connectivity index (χ2v) is 3.53. The first-order valence-electron chi connectivity index (χ1n) is 5.61. The van der Waals surface area contributed by atoms with Crippen LogP contribution in [0.5, 0.6) is 5.75 Å². The predicted molar refractivity (Wildman–Crippen MR) is 67.1 cm³/mol. The summed E-state index contributed by atoms with van der Waals surface area (Å²) in [6.07, 6.45) is 5.03. The molecule has 0 aliphatic heterocycles. The van der Waals surface area contributed by atoms with Crippen LogP contribution in [0.2, 0.25) is 0 Å². The second kappa shape index (κ2) is 8.63. The van der Waals surface area contributed by atoms with Gasteiger partial charge in [0.15, 0.2) is 0 Å². The van der Waals surface area contributed by atoms with Gasteiger partial charge >= 0.3 is 0 Å². The fraction of sp³-hybridized carbons (Fsp3) is 0.429. The molecule has 0 N–H and O–H groups in total. The lowest BCUT2D eigenvalue weighted by molar-refractivity contribution is 0.0462. The summed E-state index contributed by atoms with van der Waals surface area (Å²) in [5.74, 6) is 3.26. The summed E-state index contributed by atoms with van der Waals surface area (Å²) in [6, 6.07) is 7.93. The van der Waals surface area contributed by atoms with Crippen molar-refractivity contribution >= 4 is 0 Å². The summed E-state index contributed by atoms with van der Waals surface area (Å²) in [7, 11) is 0. The van der Waals surface area contributed by atoms with Crippen LogP contribution >= 0.6 is 0 Å². The van der Waals surface area contributed by atoms with Gasteiger partial charge < -0.3 is 14.2 Å². The minimum Gasteiger partial charge on any atom is -0.491 e. The Hall–Kier alpha value is -1.50. The quantitative estimate of drug-likeness (QED) is 0.509. The first kappa shape index (κ1) is 13.6. The van der Waals surface area contributed by atoms with Gasteiger partial charge in [-0.05, 0) is 19.1 Å². The molecule has 0 radical (unpaired) electrons. The molecule has 0 fully saturated rings. The van der Waals surface area contributed by atoms with Crippen molar-refractivity contribution in [2.75, 3.05) is 33.0 Å². The lowest BCUT2D eigenvalue weighted by atomic mass is 10.2. The Labute approximate surface area is 103 Å². The fourth-order valence-electron chi connectivity index (χ4n) is 1.20. The van der Waals surface area contributed by atoms with Gasteiger partial charge in [-0.15, -0.1) is 6.42 Å². The Morgan fingerprint density at radius 3 is 2.35 bits per heavy atom. The maximum atomic E-state index is 5.49. The first-order chi connectivity index (χ1) is 8.33. The standard InChI is InChI=1S/C14H18O3/c1-3-8-15-9-10-16-11-12-17-14-6-4-13(2)5-7-14/h1,4-7H,8-12H2,2H3. The van der Waals surface area contributed by atoms with Crippen molar-refractivity contribution in [2.45, 2.75) is 6.92 Å². The molecule has 17 heavy (non-hydrogen) atoms. The maximum Gasteiger partial charge on any atom is 0.119 e. The smallest absolute Gasteiger partial charge is 0.119 e. The van der Waals surface area contributed by atoms with E-state index in [4.69, 9.17) is 20.6 Å². The van der Waals surface area contributed by atoms with E-state index in [0.717, 1.165) is 5.75 Å². The molecule has 0 aliphatic carbocycles. The molecule has 92 valence electrons. The zero-order chi connectivity index (χ0) is 12.3. The molecule has 3 nitrogen and oxygen atoms in total. The Morgan fingerprint density at radius 1 is 1.00 bits per heavy atom. The van der Waals surface area contributed by atoms with Crippen LogP contribution in [-0.4, -0.2) is 33.0 Å². The molecule has 3 heteroatoms. The van der Waals surface area contributed by atoms with Gasteiger partial charge in [0.25, 0.3) is 0 Å². The predicted octanol–water partition coefficient (Wildman–Crippen LogP) is 2.04. The Bertz CT molecular complexity index is 337. The molecule has 0 saturated heterocycles. The van der Waals surface area contributed by atoms with Crippen LogP contribution in [-0.2, 0) is 9.47 Å². The normalized spacial score (nSPS) is 9.88. The van der Waals surface area contributed by atoms with Crippen molar-refractivity contribution in [1.82, 2.24) is 0 Å². The number of benzene rings is 1. The molecule has 0 atom stereocenters. The Balaban J connectivity index is 1.97. The molecule has 0 bridgehead atoms. The van der Waals surface area contributed by atoms with Crippen molar-refractivity contribution in [3.8, 4) is 18.1 Å². The summed E-state index contributed by atoms with van der Waals surface area (Å²) in [4.78, 5) is 0. The zero-order valence-electron chi connectivity index (χ0n) is 10.1. The molecule has 1 aromatic carbocycles. The Morgan fingerprint density at radius 2 is 1.65 bits per heavy atom. The van der Waals surface area contributed by atoms with E-state index in [1.54, 1.807) is 0 Å². The van der Waals surface area contributed by atoms with Gasteiger partial charge in [-0.3, -0.25) is 0 Å². The summed E-state index contributed by atoms with van der Waals surface area (Å²) in [5, 5.41) is 0. The second-order valence-electron chi connectivity index (χ2n) is 3.53. The molecule has 0 heterocycles. The molecule has 0 aromatic heterocycles. The van der Waals surface area contributed by atoms with Crippen LogP contribution in [0, 0.1) is 19.3 Å². The van der Waals surface area contributed by atoms with E-state index in [0.29, 0.717) is 33.0 Å². The summed E-state index contributed by atoms with van der Waals surface area (Å²) < 4.78 is 15.9. The monoisotopic (exact) mass is 234 g/mol. The van der Waals surface area contributed by atoms with Gasteiger partial charge in [-0.1, -0.05) is 23.6 Å². The molecule has 0 amide bonds. The minimum absolute atomic E-state index is 0.337. The van der Waals surface area contributed by atoms with E-state index in [-0.39, 0.29) is 0 Å². The SMILES string of the molecule is C#CCOCCOCCOc1ccc(C)cc1. The van der Waals surface area contributed by atoms with E-state index >= 15 is 0 Å². The zero-order valence-corrected chi connectivity index (χ0v) is 10.1. The van der Waals surface area contributed by atoms with Crippen molar-refractivity contribution < 1.29 is 14.2 Å². The highest BCUT2D eigenvalue weighted by molar-refractivity contribution is 5.26. The highest BCUT2D eigenvalue weighted by Crippen LogP contribution is 2.10. The van der Waals surface area contributed by atoms with Crippen molar-refractivity contribution in [3.63, 3.8) is 0 Å². The number of rotatable bonds is 8. The van der Waals surface area contributed by atoms with Crippen LogP contribution in [0.15, 0.2) is 24.3 Å². The molecular weight excluding hydrogens is 216 g/mol. The number of hydrogen-bond donors (Lipinski definition) is 0. The summed E-state index contributed by atoms with van der Waals surface area (Å²) >= 11 is 0. The molecule has 0 saturated carbocycles. The van der Waals surface area contributed by atoms with Crippen LogP contribution in [0.1, 0.15) is 5.56 Å². The molecule has 1 aromatic rings. The molecule has 0 spiro atoms. The van der Waals surface area contributed by atoms with Crippen molar-refractivity contribution in [2.24, 2.45) is 0 Å². The van der Waals surface area contributed by atoms with Crippen LogP contribution in [0.3, 0.4) is 0 Å². The average molecular weight is 234 g/mol. The van der Waals surface area contributed by atoms with Crippen molar-refractivity contribution in [1.29, 1.82) is 0 Å².